The van der Waals surface area contributed by atoms with E-state index < -0.39 is 0 Å². The van der Waals surface area contributed by atoms with Crippen LogP contribution >= 0.6 is 0 Å². The van der Waals surface area contributed by atoms with Gasteiger partial charge in [0, 0.05) is 0 Å². The summed E-state index contributed by atoms with van der Waals surface area (Å²) in [5.74, 6) is 0.528. The number of hydrogen-bond donors (Lipinski definition) is 1. The molecule has 0 radical (unpaired) electrons. The summed E-state index contributed by atoms with van der Waals surface area (Å²) in [5.41, 5.74) is 12.7. The topological polar surface area (TPSA) is 26.0 Å². The van der Waals surface area contributed by atoms with E-state index >= 15 is 0 Å². The first-order valence-corrected chi connectivity index (χ1v) is 6.83. The maximum absolute atomic E-state index is 6.49. The third kappa shape index (κ3) is 2.11. The maximum atomic E-state index is 6.49. The van der Waals surface area contributed by atoms with Crippen LogP contribution in [0.15, 0.2) is 42.5 Å². The monoisotopic (exact) mass is 249 g/mol. The highest BCUT2D eigenvalue weighted by atomic mass is 14.6. The van der Waals surface area contributed by atoms with Gasteiger partial charge in [0.2, 0.25) is 0 Å². The highest BCUT2D eigenvalue weighted by Gasteiger charge is 2.18. The molecule has 0 aromatic heterocycles. The van der Waals surface area contributed by atoms with Gasteiger partial charge in [-0.3, -0.25) is 0 Å². The van der Waals surface area contributed by atoms with Gasteiger partial charge in [0.25, 0.3) is 0 Å². The second-order valence-electron chi connectivity index (χ2n) is 5.48. The van der Waals surface area contributed by atoms with Gasteiger partial charge in [-0.2, -0.15) is 0 Å². The smallest absolute Gasteiger partial charge is 0.0563 e. The lowest BCUT2D eigenvalue weighted by Crippen LogP contribution is -2.14. The van der Waals surface area contributed by atoms with Crippen molar-refractivity contribution in [2.45, 2.75) is 25.8 Å². The molecule has 2 N–H and O–H groups in total. The third-order valence-corrected chi connectivity index (χ3v) is 3.89. The van der Waals surface area contributed by atoms with Crippen molar-refractivity contribution in [1.29, 1.82) is 0 Å². The van der Waals surface area contributed by atoms with Crippen LogP contribution in [0.3, 0.4) is 0 Å². The molecule has 0 aliphatic heterocycles. The summed E-state index contributed by atoms with van der Waals surface area (Å²) in [6, 6.07) is 15.0. The molecule has 1 nitrogen and oxygen atoms in total. The van der Waals surface area contributed by atoms with Gasteiger partial charge in [-0.15, -0.1) is 0 Å². The first-order valence-electron chi connectivity index (χ1n) is 6.83. The van der Waals surface area contributed by atoms with Crippen LogP contribution < -0.4 is 5.73 Å². The van der Waals surface area contributed by atoms with Crippen LogP contribution in [0.1, 0.15) is 53.6 Å². The summed E-state index contributed by atoms with van der Waals surface area (Å²) in [5, 5.41) is 0. The zero-order valence-corrected chi connectivity index (χ0v) is 11.4. The molecule has 1 aliphatic carbocycles. The van der Waals surface area contributed by atoms with Crippen molar-refractivity contribution in [3.63, 3.8) is 0 Å². The SMILES string of the molecule is CC(C)c1ccc2c(c1)C(N)c1ccccc1C=C2. The Bertz CT molecular complexity index is 638. The van der Waals surface area contributed by atoms with Crippen molar-refractivity contribution in [1.82, 2.24) is 0 Å². The molecule has 0 amide bonds. The lowest BCUT2D eigenvalue weighted by molar-refractivity contribution is 0.835. The standard InChI is InChI=1S/C18H19N/c1-12(2)15-10-9-14-8-7-13-5-3-4-6-16(13)18(19)17(14)11-15/h3-12,18H,19H2,1-2H3. The van der Waals surface area contributed by atoms with Crippen molar-refractivity contribution in [2.24, 2.45) is 5.73 Å². The molecule has 2 aromatic rings. The largest absolute Gasteiger partial charge is 0.320 e. The van der Waals surface area contributed by atoms with E-state index in [-0.39, 0.29) is 6.04 Å². The summed E-state index contributed by atoms with van der Waals surface area (Å²) in [6.07, 6.45) is 4.33. The molecule has 1 heteroatoms. The molecule has 0 heterocycles. The normalized spacial score (nSPS) is 16.9. The van der Waals surface area contributed by atoms with Crippen molar-refractivity contribution in [3.8, 4) is 0 Å². The lowest BCUT2D eigenvalue weighted by atomic mass is 9.91. The molecule has 1 aliphatic rings. The number of nitrogens with two attached hydrogens (primary N) is 1. The number of benzene rings is 2. The Labute approximate surface area is 114 Å². The lowest BCUT2D eigenvalue weighted by Gasteiger charge is -2.17. The van der Waals surface area contributed by atoms with Gasteiger partial charge in [-0.05, 0) is 33.7 Å². The third-order valence-electron chi connectivity index (χ3n) is 3.89. The molecule has 0 fully saturated rings. The van der Waals surface area contributed by atoms with Crippen LogP contribution in [0.2, 0.25) is 0 Å². The molecule has 0 spiro atoms. The van der Waals surface area contributed by atoms with Crippen LogP contribution in [-0.4, -0.2) is 0 Å². The van der Waals surface area contributed by atoms with E-state index in [0.29, 0.717) is 5.92 Å². The minimum atomic E-state index is -0.0418. The van der Waals surface area contributed by atoms with Gasteiger partial charge in [0.05, 0.1) is 6.04 Å². The number of fused-ring (bicyclic) bond motifs is 2. The number of rotatable bonds is 1. The highest BCUT2D eigenvalue weighted by molar-refractivity contribution is 5.76. The Morgan fingerprint density at radius 1 is 0.895 bits per heavy atom. The van der Waals surface area contributed by atoms with E-state index in [0.717, 1.165) is 0 Å². The van der Waals surface area contributed by atoms with Gasteiger partial charge < -0.3 is 5.73 Å². The fraction of sp³-hybridized carbons (Fsp3) is 0.222. The summed E-state index contributed by atoms with van der Waals surface area (Å²) in [4.78, 5) is 0. The summed E-state index contributed by atoms with van der Waals surface area (Å²) in [7, 11) is 0. The van der Waals surface area contributed by atoms with E-state index in [1.807, 2.05) is 0 Å². The summed E-state index contributed by atoms with van der Waals surface area (Å²) >= 11 is 0. The molecule has 0 saturated heterocycles. The second-order valence-corrected chi connectivity index (χ2v) is 5.48. The molecule has 96 valence electrons. The predicted octanol–water partition coefficient (Wildman–Crippen LogP) is 4.34. The van der Waals surface area contributed by atoms with Crippen LogP contribution in [0, 0.1) is 0 Å². The molecule has 3 rings (SSSR count). The predicted molar refractivity (Wildman–Crippen MR) is 81.9 cm³/mol. The van der Waals surface area contributed by atoms with E-state index in [2.05, 4.69) is 68.5 Å². The average molecular weight is 249 g/mol. The Balaban J connectivity index is 2.18. The Morgan fingerprint density at radius 3 is 2.32 bits per heavy atom. The second kappa shape index (κ2) is 4.67. The van der Waals surface area contributed by atoms with Crippen LogP contribution in [0.5, 0.6) is 0 Å². The highest BCUT2D eigenvalue weighted by Crippen LogP contribution is 2.32. The van der Waals surface area contributed by atoms with E-state index in [1.54, 1.807) is 0 Å². The Morgan fingerprint density at radius 2 is 1.58 bits per heavy atom. The van der Waals surface area contributed by atoms with Crippen molar-refractivity contribution >= 4 is 12.2 Å². The number of hydrogen-bond acceptors (Lipinski definition) is 1. The first-order chi connectivity index (χ1) is 9.16. The summed E-state index contributed by atoms with van der Waals surface area (Å²) < 4.78 is 0. The van der Waals surface area contributed by atoms with Gasteiger partial charge in [0.1, 0.15) is 0 Å². The fourth-order valence-electron chi connectivity index (χ4n) is 2.67. The fourth-order valence-corrected chi connectivity index (χ4v) is 2.67. The Kier molecular flexibility index (Phi) is 3.00. The van der Waals surface area contributed by atoms with Crippen molar-refractivity contribution in [3.05, 3.63) is 70.3 Å². The van der Waals surface area contributed by atoms with Crippen LogP contribution in [0.4, 0.5) is 0 Å². The molecule has 0 saturated carbocycles. The van der Waals surface area contributed by atoms with Gasteiger partial charge >= 0.3 is 0 Å². The zero-order valence-electron chi connectivity index (χ0n) is 11.4. The first kappa shape index (κ1) is 12.2. The molecule has 0 bridgehead atoms. The van der Waals surface area contributed by atoms with E-state index in [1.165, 1.54) is 27.8 Å². The molecule has 19 heavy (non-hydrogen) atoms. The molecular weight excluding hydrogens is 230 g/mol. The quantitative estimate of drug-likeness (QED) is 0.799. The minimum absolute atomic E-state index is 0.0418. The zero-order chi connectivity index (χ0) is 13.4. The van der Waals surface area contributed by atoms with Crippen molar-refractivity contribution < 1.29 is 0 Å². The molecule has 1 unspecified atom stereocenters. The average Bonchev–Trinajstić information content (AvgIpc) is 2.57. The van der Waals surface area contributed by atoms with Crippen LogP contribution in [0.25, 0.3) is 12.2 Å². The minimum Gasteiger partial charge on any atom is -0.320 e. The van der Waals surface area contributed by atoms with Crippen LogP contribution in [-0.2, 0) is 0 Å². The Hall–Kier alpha value is -1.86. The van der Waals surface area contributed by atoms with E-state index in [9.17, 15) is 0 Å². The molecule has 2 aromatic carbocycles. The van der Waals surface area contributed by atoms with E-state index in [4.69, 9.17) is 5.73 Å². The molecule has 1 atom stereocenters. The molecular formula is C18H19N. The van der Waals surface area contributed by atoms with Gasteiger partial charge in [-0.1, -0.05) is 68.5 Å². The van der Waals surface area contributed by atoms with Gasteiger partial charge in [-0.25, -0.2) is 0 Å². The van der Waals surface area contributed by atoms with Crippen molar-refractivity contribution in [2.75, 3.05) is 0 Å². The van der Waals surface area contributed by atoms with Gasteiger partial charge in [0.15, 0.2) is 0 Å². The summed E-state index contributed by atoms with van der Waals surface area (Å²) in [6.45, 7) is 4.43. The maximum Gasteiger partial charge on any atom is 0.0563 e.